The van der Waals surface area contributed by atoms with E-state index in [1.807, 2.05) is 29.6 Å². The van der Waals surface area contributed by atoms with E-state index in [1.54, 1.807) is 19.2 Å². The van der Waals surface area contributed by atoms with Gasteiger partial charge in [0.1, 0.15) is 5.75 Å². The molecule has 7 heteroatoms. The normalized spacial score (nSPS) is 15.7. The quantitative estimate of drug-likeness (QED) is 0.629. The summed E-state index contributed by atoms with van der Waals surface area (Å²) in [7, 11) is 1.58. The van der Waals surface area contributed by atoms with Crippen LogP contribution in [0.15, 0.2) is 47.8 Å². The van der Waals surface area contributed by atoms with Gasteiger partial charge in [0, 0.05) is 10.9 Å². The molecule has 0 saturated heterocycles. The Hall–Kier alpha value is -2.41. The smallest absolute Gasteiger partial charge is 0.229 e. The Morgan fingerprint density at radius 1 is 1.36 bits per heavy atom. The number of rotatable bonds is 5. The second kappa shape index (κ2) is 8.31. The number of fused-ring (bicyclic) bond motifs is 1. The molecule has 1 amide bonds. The molecular weight excluding hydrogens is 396 g/mol. The number of anilines is 1. The molecule has 1 aliphatic rings. The number of nitrogens with one attached hydrogen (secondary N) is 1. The fraction of sp³-hybridized carbons (Fsp3) is 0.238. The van der Waals surface area contributed by atoms with Crippen molar-refractivity contribution < 1.29 is 14.3 Å². The lowest BCUT2D eigenvalue weighted by Gasteiger charge is -2.25. The molecule has 4 rings (SSSR count). The molecule has 144 valence electrons. The molecule has 2 aromatic carbocycles. The van der Waals surface area contributed by atoms with Crippen molar-refractivity contribution in [2.24, 2.45) is 0 Å². The zero-order valence-electron chi connectivity index (χ0n) is 15.3. The molecule has 5 nitrogen and oxygen atoms in total. The number of hydrogen-bond donors (Lipinski definition) is 1. The highest BCUT2D eigenvalue weighted by Crippen LogP contribution is 2.33. The lowest BCUT2D eigenvalue weighted by molar-refractivity contribution is -0.119. The van der Waals surface area contributed by atoms with Gasteiger partial charge in [0.2, 0.25) is 5.91 Å². The van der Waals surface area contributed by atoms with Gasteiger partial charge in [0.25, 0.3) is 0 Å². The van der Waals surface area contributed by atoms with E-state index in [9.17, 15) is 4.79 Å². The number of nitrogens with zero attached hydrogens (tertiary/aromatic N) is 1. The third-order valence-corrected chi connectivity index (χ3v) is 5.71. The minimum atomic E-state index is -0.218. The first-order valence-electron chi connectivity index (χ1n) is 8.92. The lowest BCUT2D eigenvalue weighted by atomic mass is 9.96. The largest absolute Gasteiger partial charge is 0.495 e. The molecule has 0 aliphatic carbocycles. The van der Waals surface area contributed by atoms with Gasteiger partial charge in [-0.2, -0.15) is 0 Å². The highest BCUT2D eigenvalue weighted by atomic mass is 35.5. The van der Waals surface area contributed by atoms with Crippen molar-refractivity contribution >= 4 is 34.0 Å². The zero-order valence-corrected chi connectivity index (χ0v) is 16.8. The molecule has 0 fully saturated rings. The minimum absolute atomic E-state index is 0.115. The van der Waals surface area contributed by atoms with Crippen molar-refractivity contribution in [2.45, 2.75) is 18.9 Å². The molecule has 1 unspecified atom stereocenters. The van der Waals surface area contributed by atoms with E-state index in [2.05, 4.69) is 16.4 Å². The van der Waals surface area contributed by atoms with Crippen molar-refractivity contribution in [1.29, 1.82) is 0 Å². The Morgan fingerprint density at radius 3 is 3.04 bits per heavy atom. The summed E-state index contributed by atoms with van der Waals surface area (Å²) in [6.07, 6.45) is 0.930. The number of aromatic nitrogens is 1. The fourth-order valence-electron chi connectivity index (χ4n) is 3.27. The van der Waals surface area contributed by atoms with Gasteiger partial charge in [-0.05, 0) is 35.7 Å². The standard InChI is InChI=1S/C21H19ClN2O3S/c1-26-18-7-6-14(10-16(18)22)17-12-28-21(23-17)24-20(25)11-19-15-5-3-2-4-13(15)8-9-27-19/h2-7,10,12,19H,8-9,11H2,1H3,(H,23,24,25). The Balaban J connectivity index is 1.43. The van der Waals surface area contributed by atoms with Crippen LogP contribution < -0.4 is 10.1 Å². The summed E-state index contributed by atoms with van der Waals surface area (Å²) in [6.45, 7) is 0.634. The van der Waals surface area contributed by atoms with Crippen LogP contribution in [0, 0.1) is 0 Å². The van der Waals surface area contributed by atoms with Gasteiger partial charge < -0.3 is 14.8 Å². The Morgan fingerprint density at radius 2 is 2.21 bits per heavy atom. The van der Waals surface area contributed by atoms with E-state index in [-0.39, 0.29) is 18.4 Å². The van der Waals surface area contributed by atoms with Gasteiger partial charge in [-0.3, -0.25) is 4.79 Å². The van der Waals surface area contributed by atoms with Gasteiger partial charge in [-0.15, -0.1) is 11.3 Å². The first kappa shape index (κ1) is 18.9. The summed E-state index contributed by atoms with van der Waals surface area (Å²) in [4.78, 5) is 17.0. The van der Waals surface area contributed by atoms with Gasteiger partial charge in [0.15, 0.2) is 5.13 Å². The molecule has 0 spiro atoms. The molecule has 2 heterocycles. The third kappa shape index (κ3) is 4.04. The highest BCUT2D eigenvalue weighted by Gasteiger charge is 2.23. The SMILES string of the molecule is COc1ccc(-c2csc(NC(=O)CC3OCCc4ccccc43)n2)cc1Cl. The highest BCUT2D eigenvalue weighted by molar-refractivity contribution is 7.14. The molecule has 0 bridgehead atoms. The number of carbonyl (C=O) groups excluding carboxylic acids is 1. The number of ether oxygens (including phenoxy) is 2. The molecule has 1 aliphatic heterocycles. The summed E-state index contributed by atoms with van der Waals surface area (Å²) in [5, 5.41) is 5.84. The van der Waals surface area contributed by atoms with Crippen LogP contribution in [-0.4, -0.2) is 24.6 Å². The van der Waals surface area contributed by atoms with Crippen LogP contribution in [0.4, 0.5) is 5.13 Å². The van der Waals surface area contributed by atoms with Crippen LogP contribution in [0.25, 0.3) is 11.3 Å². The maximum atomic E-state index is 12.5. The van der Waals surface area contributed by atoms with Crippen molar-refractivity contribution in [3.8, 4) is 17.0 Å². The van der Waals surface area contributed by atoms with Gasteiger partial charge in [-0.1, -0.05) is 35.9 Å². The maximum absolute atomic E-state index is 12.5. The number of halogens is 1. The Bertz CT molecular complexity index is 1000. The van der Waals surface area contributed by atoms with Crippen LogP contribution in [0.3, 0.4) is 0 Å². The molecule has 3 aromatic rings. The van der Waals surface area contributed by atoms with Crippen LogP contribution >= 0.6 is 22.9 Å². The second-order valence-electron chi connectivity index (χ2n) is 6.45. The number of amides is 1. The average molecular weight is 415 g/mol. The Kier molecular flexibility index (Phi) is 5.62. The van der Waals surface area contributed by atoms with E-state index in [0.717, 1.165) is 23.2 Å². The van der Waals surface area contributed by atoms with E-state index in [1.165, 1.54) is 16.9 Å². The van der Waals surface area contributed by atoms with Crippen molar-refractivity contribution in [1.82, 2.24) is 4.98 Å². The van der Waals surface area contributed by atoms with Gasteiger partial charge >= 0.3 is 0 Å². The second-order valence-corrected chi connectivity index (χ2v) is 7.71. The van der Waals surface area contributed by atoms with E-state index >= 15 is 0 Å². The first-order valence-corrected chi connectivity index (χ1v) is 10.2. The van der Waals surface area contributed by atoms with E-state index in [0.29, 0.717) is 22.5 Å². The van der Waals surface area contributed by atoms with Crippen LogP contribution in [-0.2, 0) is 16.0 Å². The van der Waals surface area contributed by atoms with Crippen LogP contribution in [0.2, 0.25) is 5.02 Å². The third-order valence-electron chi connectivity index (χ3n) is 4.66. The number of hydrogen-bond acceptors (Lipinski definition) is 5. The Labute approximate surface area is 172 Å². The molecule has 0 radical (unpaired) electrons. The van der Waals surface area contributed by atoms with Crippen LogP contribution in [0.1, 0.15) is 23.7 Å². The monoisotopic (exact) mass is 414 g/mol. The van der Waals surface area contributed by atoms with Crippen LogP contribution in [0.5, 0.6) is 5.75 Å². The molecule has 1 aromatic heterocycles. The summed E-state index contributed by atoms with van der Waals surface area (Å²) in [6, 6.07) is 13.6. The maximum Gasteiger partial charge on any atom is 0.229 e. The van der Waals surface area contributed by atoms with E-state index < -0.39 is 0 Å². The predicted molar refractivity (Wildman–Crippen MR) is 111 cm³/mol. The van der Waals surface area contributed by atoms with Gasteiger partial charge in [-0.25, -0.2) is 4.98 Å². The zero-order chi connectivity index (χ0) is 19.5. The van der Waals surface area contributed by atoms with Crippen molar-refractivity contribution in [2.75, 3.05) is 19.0 Å². The minimum Gasteiger partial charge on any atom is -0.495 e. The molecule has 0 saturated carbocycles. The van der Waals surface area contributed by atoms with Crippen molar-refractivity contribution in [3.63, 3.8) is 0 Å². The molecule has 1 atom stereocenters. The van der Waals surface area contributed by atoms with E-state index in [4.69, 9.17) is 21.1 Å². The summed E-state index contributed by atoms with van der Waals surface area (Å²) in [5.74, 6) is 0.498. The number of benzene rings is 2. The number of carbonyl (C=O) groups is 1. The topological polar surface area (TPSA) is 60.5 Å². The number of thiazole rings is 1. The summed E-state index contributed by atoms with van der Waals surface area (Å²) < 4.78 is 11.0. The molecule has 28 heavy (non-hydrogen) atoms. The number of methoxy groups -OCH3 is 1. The molecular formula is C21H19ClN2O3S. The predicted octanol–water partition coefficient (Wildman–Crippen LogP) is 5.11. The van der Waals surface area contributed by atoms with Crippen molar-refractivity contribution in [3.05, 3.63) is 64.0 Å². The summed E-state index contributed by atoms with van der Waals surface area (Å²) >= 11 is 7.57. The van der Waals surface area contributed by atoms with Gasteiger partial charge in [0.05, 0.1) is 37.0 Å². The lowest BCUT2D eigenvalue weighted by Crippen LogP contribution is -2.22. The molecule has 1 N–H and O–H groups in total. The fourth-order valence-corrected chi connectivity index (χ4v) is 4.27. The first-order chi connectivity index (χ1) is 13.6. The average Bonchev–Trinajstić information content (AvgIpc) is 3.16. The summed E-state index contributed by atoms with van der Waals surface area (Å²) in [5.41, 5.74) is 3.97.